The van der Waals surface area contributed by atoms with Crippen LogP contribution in [0.25, 0.3) is 113 Å². The molecule has 1 aliphatic rings. The van der Waals surface area contributed by atoms with Crippen molar-refractivity contribution in [2.24, 2.45) is 0 Å². The van der Waals surface area contributed by atoms with Crippen molar-refractivity contribution in [3.05, 3.63) is 164 Å². The second-order valence-corrected chi connectivity index (χ2v) is 14.6. The van der Waals surface area contributed by atoms with Crippen LogP contribution in [0.1, 0.15) is 0 Å². The van der Waals surface area contributed by atoms with E-state index >= 15 is 0 Å². The number of benzene rings is 9. The molecule has 0 amide bonds. The van der Waals surface area contributed by atoms with Gasteiger partial charge in [0.1, 0.15) is 0 Å². The molecule has 2 aromatic heterocycles. The van der Waals surface area contributed by atoms with E-state index in [1.807, 2.05) is 11.3 Å². The second kappa shape index (κ2) is 9.69. The third-order valence-electron chi connectivity index (χ3n) is 11.2. The fraction of sp³-hybridized carbons (Fsp3) is 0. The van der Waals surface area contributed by atoms with Crippen LogP contribution >= 0.6 is 11.3 Å². The van der Waals surface area contributed by atoms with Crippen LogP contribution in [0, 0.1) is 0 Å². The fourth-order valence-electron chi connectivity index (χ4n) is 9.07. The van der Waals surface area contributed by atoms with Crippen molar-refractivity contribution in [2.75, 3.05) is 0 Å². The first kappa shape index (κ1) is 26.7. The molecule has 0 fully saturated rings. The van der Waals surface area contributed by atoms with Gasteiger partial charge in [-0.2, -0.15) is 0 Å². The van der Waals surface area contributed by atoms with Gasteiger partial charge in [0.25, 0.3) is 0 Å². The predicted octanol–water partition coefficient (Wildman–Crippen LogP) is 13.9. The molecule has 9 aromatic carbocycles. The largest absolute Gasteiger partial charge is 0.309 e. The summed E-state index contributed by atoms with van der Waals surface area (Å²) in [6, 6.07) is 61.1. The molecule has 0 saturated carbocycles. The van der Waals surface area contributed by atoms with Gasteiger partial charge in [-0.1, -0.05) is 140 Å². The Bertz CT molecular complexity index is 3240. The zero-order chi connectivity index (χ0) is 32.5. The van der Waals surface area contributed by atoms with Crippen LogP contribution in [-0.2, 0) is 0 Å². The maximum absolute atomic E-state index is 2.50. The van der Waals surface area contributed by atoms with Gasteiger partial charge in [-0.3, -0.25) is 0 Å². The molecule has 0 radical (unpaired) electrons. The first-order valence-electron chi connectivity index (χ1n) is 17.3. The maximum atomic E-state index is 2.50. The summed E-state index contributed by atoms with van der Waals surface area (Å²) in [7, 11) is 0. The van der Waals surface area contributed by atoms with Crippen molar-refractivity contribution in [3.8, 4) is 39.1 Å². The van der Waals surface area contributed by atoms with Gasteiger partial charge in [-0.05, 0) is 79.2 Å². The summed E-state index contributed by atoms with van der Waals surface area (Å²) < 4.78 is 5.20. The molecule has 230 valence electrons. The predicted molar refractivity (Wildman–Crippen MR) is 216 cm³/mol. The standard InChI is InChI=1S/C48H27NS/c1-2-12-30-29(11-1)35-16-9-17-36-32(20-21-37(30)46(35)36)31-24-26-43(33-13-4-3-10-28(31)33)49-42-18-7-5-15-41(42)47-38-22-23-39-34-14-6-8-19-45(34)50-48(39)40(38)25-27-44(47)49/h1-27H. The van der Waals surface area contributed by atoms with Gasteiger partial charge in [-0.25, -0.2) is 0 Å². The zero-order valence-electron chi connectivity index (χ0n) is 26.9. The minimum Gasteiger partial charge on any atom is -0.309 e. The van der Waals surface area contributed by atoms with Crippen molar-refractivity contribution in [1.29, 1.82) is 0 Å². The highest BCUT2D eigenvalue weighted by atomic mass is 32.1. The van der Waals surface area contributed by atoms with Crippen molar-refractivity contribution >= 4 is 85.6 Å². The number of aromatic nitrogens is 1. The molecule has 2 heterocycles. The minimum atomic E-state index is 1.20. The number of nitrogens with zero attached hydrogens (tertiary/aromatic N) is 1. The number of hydrogen-bond donors (Lipinski definition) is 0. The second-order valence-electron chi connectivity index (χ2n) is 13.6. The van der Waals surface area contributed by atoms with E-state index in [9.17, 15) is 0 Å². The van der Waals surface area contributed by atoms with Gasteiger partial charge in [0, 0.05) is 41.7 Å². The lowest BCUT2D eigenvalue weighted by Gasteiger charge is -2.16. The summed E-state index contributed by atoms with van der Waals surface area (Å²) in [6.07, 6.45) is 0. The highest BCUT2D eigenvalue weighted by molar-refractivity contribution is 7.26. The van der Waals surface area contributed by atoms with Crippen LogP contribution in [0.3, 0.4) is 0 Å². The molecule has 1 nitrogen and oxygen atoms in total. The van der Waals surface area contributed by atoms with Gasteiger partial charge >= 0.3 is 0 Å². The van der Waals surface area contributed by atoms with Crippen molar-refractivity contribution in [3.63, 3.8) is 0 Å². The van der Waals surface area contributed by atoms with Crippen LogP contribution in [-0.4, -0.2) is 4.57 Å². The number of fused-ring (bicyclic) bond motifs is 13. The first-order valence-corrected chi connectivity index (χ1v) is 18.1. The quantitative estimate of drug-likeness (QED) is 0.176. The Morgan fingerprint density at radius 2 is 0.880 bits per heavy atom. The molecule has 11 aromatic rings. The van der Waals surface area contributed by atoms with E-state index < -0.39 is 0 Å². The summed E-state index contributed by atoms with van der Waals surface area (Å²) in [4.78, 5) is 0. The van der Waals surface area contributed by atoms with E-state index in [0.717, 1.165) is 0 Å². The number of hydrogen-bond acceptors (Lipinski definition) is 1. The Morgan fingerprint density at radius 1 is 0.300 bits per heavy atom. The lowest BCUT2D eigenvalue weighted by molar-refractivity contribution is 1.20. The van der Waals surface area contributed by atoms with E-state index in [4.69, 9.17) is 0 Å². The van der Waals surface area contributed by atoms with E-state index in [2.05, 4.69) is 168 Å². The normalized spacial score (nSPS) is 12.4. The molecule has 0 N–H and O–H groups in total. The highest BCUT2D eigenvalue weighted by Gasteiger charge is 2.24. The monoisotopic (exact) mass is 649 g/mol. The van der Waals surface area contributed by atoms with Crippen LogP contribution in [0.15, 0.2) is 164 Å². The molecule has 0 saturated heterocycles. The molecular formula is C48H27NS. The zero-order valence-corrected chi connectivity index (χ0v) is 27.8. The van der Waals surface area contributed by atoms with Crippen molar-refractivity contribution < 1.29 is 0 Å². The molecule has 0 spiro atoms. The molecule has 0 atom stereocenters. The molecule has 1 aliphatic carbocycles. The summed E-state index contributed by atoms with van der Waals surface area (Å²) in [5, 5.41) is 13.1. The summed E-state index contributed by atoms with van der Waals surface area (Å²) in [6.45, 7) is 0. The first-order chi connectivity index (χ1) is 24.8. The molecular weight excluding hydrogens is 623 g/mol. The maximum Gasteiger partial charge on any atom is 0.0547 e. The third kappa shape index (κ3) is 3.36. The molecule has 0 bridgehead atoms. The van der Waals surface area contributed by atoms with Gasteiger partial charge in [0.05, 0.1) is 16.7 Å². The topological polar surface area (TPSA) is 4.93 Å². The van der Waals surface area contributed by atoms with Gasteiger partial charge in [-0.15, -0.1) is 11.3 Å². The summed E-state index contributed by atoms with van der Waals surface area (Å²) >= 11 is 1.91. The number of para-hydroxylation sites is 1. The molecule has 0 aliphatic heterocycles. The highest BCUT2D eigenvalue weighted by Crippen LogP contribution is 2.50. The Labute approximate surface area is 291 Å². The smallest absolute Gasteiger partial charge is 0.0547 e. The SMILES string of the molecule is c1ccc2c(c1)-c1cccc3c(-c4ccc(-n5c6ccccc6c6c7ccc8c9ccccc9sc8c7ccc65)c5ccccc45)ccc-2c13. The van der Waals surface area contributed by atoms with Crippen LogP contribution in [0.5, 0.6) is 0 Å². The van der Waals surface area contributed by atoms with Gasteiger partial charge in [0.2, 0.25) is 0 Å². The van der Waals surface area contributed by atoms with E-state index in [-0.39, 0.29) is 0 Å². The lowest BCUT2D eigenvalue weighted by Crippen LogP contribution is -1.96. The van der Waals surface area contributed by atoms with Crippen LogP contribution in [0.4, 0.5) is 0 Å². The summed E-state index contributed by atoms with van der Waals surface area (Å²) in [5.41, 5.74) is 11.5. The molecule has 50 heavy (non-hydrogen) atoms. The number of thiophene rings is 1. The summed E-state index contributed by atoms with van der Waals surface area (Å²) in [5.74, 6) is 0. The van der Waals surface area contributed by atoms with E-state index in [0.29, 0.717) is 0 Å². The average molecular weight is 650 g/mol. The van der Waals surface area contributed by atoms with E-state index in [1.54, 1.807) is 0 Å². The fourth-order valence-corrected chi connectivity index (χ4v) is 10.3. The van der Waals surface area contributed by atoms with Crippen LogP contribution in [0.2, 0.25) is 0 Å². The van der Waals surface area contributed by atoms with Crippen molar-refractivity contribution in [2.45, 2.75) is 0 Å². The Kier molecular flexibility index (Phi) is 5.18. The Morgan fingerprint density at radius 3 is 1.76 bits per heavy atom. The van der Waals surface area contributed by atoms with Gasteiger partial charge < -0.3 is 4.57 Å². The Hall–Kier alpha value is -6.22. The average Bonchev–Trinajstić information content (AvgIpc) is 3.84. The van der Waals surface area contributed by atoms with Gasteiger partial charge in [0.15, 0.2) is 0 Å². The number of rotatable bonds is 2. The molecule has 12 rings (SSSR count). The lowest BCUT2D eigenvalue weighted by atomic mass is 9.91. The Balaban J connectivity index is 1.13. The van der Waals surface area contributed by atoms with Crippen LogP contribution < -0.4 is 0 Å². The molecule has 0 unspecified atom stereocenters. The minimum absolute atomic E-state index is 1.20. The molecule has 2 heteroatoms. The van der Waals surface area contributed by atoms with Crippen molar-refractivity contribution in [1.82, 2.24) is 4.57 Å². The van der Waals surface area contributed by atoms with E-state index in [1.165, 1.54) is 113 Å². The third-order valence-corrected chi connectivity index (χ3v) is 12.4.